The number of halogens is 3. The summed E-state index contributed by atoms with van der Waals surface area (Å²) >= 11 is 3.19. The van der Waals surface area contributed by atoms with E-state index in [1.54, 1.807) is 12.1 Å². The summed E-state index contributed by atoms with van der Waals surface area (Å²) in [7, 11) is 0. The molecule has 1 aromatic rings. The average molecular weight is 252 g/mol. The van der Waals surface area contributed by atoms with Crippen LogP contribution in [0.3, 0.4) is 0 Å². The summed E-state index contributed by atoms with van der Waals surface area (Å²) in [4.78, 5) is 0. The van der Waals surface area contributed by atoms with Gasteiger partial charge in [0.1, 0.15) is 5.75 Å². The number of nitrogens with two attached hydrogens (primary N) is 1. The van der Waals surface area contributed by atoms with Crippen LogP contribution in [-0.2, 0) is 6.54 Å². The van der Waals surface area contributed by atoms with Gasteiger partial charge >= 0.3 is 6.61 Å². The van der Waals surface area contributed by atoms with Crippen molar-refractivity contribution in [1.29, 1.82) is 0 Å². The monoisotopic (exact) mass is 251 g/mol. The first-order chi connectivity index (χ1) is 6.15. The zero-order chi connectivity index (χ0) is 9.84. The van der Waals surface area contributed by atoms with Crippen LogP contribution in [0, 0.1) is 0 Å². The Bertz CT molecular complexity index is 293. The second-order valence-electron chi connectivity index (χ2n) is 2.30. The van der Waals surface area contributed by atoms with Crippen molar-refractivity contribution in [3.8, 4) is 5.75 Å². The SMILES string of the molecule is NCc1c(Br)cccc1OC(F)F. The van der Waals surface area contributed by atoms with Crippen molar-refractivity contribution in [3.05, 3.63) is 28.2 Å². The highest BCUT2D eigenvalue weighted by Crippen LogP contribution is 2.27. The van der Waals surface area contributed by atoms with Crippen LogP contribution >= 0.6 is 15.9 Å². The third-order valence-corrected chi connectivity index (χ3v) is 2.24. The first-order valence-corrected chi connectivity index (χ1v) is 4.36. The van der Waals surface area contributed by atoms with Gasteiger partial charge in [-0.3, -0.25) is 0 Å². The fraction of sp³-hybridized carbons (Fsp3) is 0.250. The Morgan fingerprint density at radius 1 is 1.46 bits per heavy atom. The van der Waals surface area contributed by atoms with Crippen LogP contribution in [0.5, 0.6) is 5.75 Å². The molecule has 0 fully saturated rings. The lowest BCUT2D eigenvalue weighted by Crippen LogP contribution is -2.07. The minimum Gasteiger partial charge on any atom is -0.434 e. The summed E-state index contributed by atoms with van der Waals surface area (Å²) in [5, 5.41) is 0. The molecule has 0 heterocycles. The van der Waals surface area contributed by atoms with E-state index < -0.39 is 6.61 Å². The molecule has 1 aromatic carbocycles. The zero-order valence-corrected chi connectivity index (χ0v) is 8.22. The first-order valence-electron chi connectivity index (χ1n) is 3.57. The van der Waals surface area contributed by atoms with Crippen LogP contribution in [0.4, 0.5) is 8.78 Å². The van der Waals surface area contributed by atoms with E-state index in [9.17, 15) is 8.78 Å². The maximum Gasteiger partial charge on any atom is 0.387 e. The summed E-state index contributed by atoms with van der Waals surface area (Å²) in [5.41, 5.74) is 5.92. The van der Waals surface area contributed by atoms with Gasteiger partial charge in [0.05, 0.1) is 0 Å². The Balaban J connectivity index is 2.98. The maximum atomic E-state index is 11.9. The van der Waals surface area contributed by atoms with E-state index >= 15 is 0 Å². The minimum atomic E-state index is -2.82. The minimum absolute atomic E-state index is 0.117. The molecule has 0 aliphatic heterocycles. The molecule has 0 bridgehead atoms. The van der Waals surface area contributed by atoms with Crippen molar-refractivity contribution in [1.82, 2.24) is 0 Å². The van der Waals surface area contributed by atoms with Gasteiger partial charge in [0, 0.05) is 16.6 Å². The Labute approximate surface area is 82.8 Å². The maximum absolute atomic E-state index is 11.9. The molecule has 0 radical (unpaired) electrons. The highest BCUT2D eigenvalue weighted by molar-refractivity contribution is 9.10. The van der Waals surface area contributed by atoms with Crippen LogP contribution in [0.25, 0.3) is 0 Å². The third kappa shape index (κ3) is 2.63. The van der Waals surface area contributed by atoms with Gasteiger partial charge in [-0.15, -0.1) is 0 Å². The van der Waals surface area contributed by atoms with E-state index in [4.69, 9.17) is 5.73 Å². The Morgan fingerprint density at radius 3 is 2.69 bits per heavy atom. The van der Waals surface area contributed by atoms with Gasteiger partial charge in [-0.2, -0.15) is 8.78 Å². The lowest BCUT2D eigenvalue weighted by Gasteiger charge is -2.10. The second-order valence-corrected chi connectivity index (χ2v) is 3.15. The fourth-order valence-corrected chi connectivity index (χ4v) is 1.45. The van der Waals surface area contributed by atoms with Crippen molar-refractivity contribution >= 4 is 15.9 Å². The highest BCUT2D eigenvalue weighted by Gasteiger charge is 2.10. The number of ether oxygens (including phenoxy) is 1. The van der Waals surface area contributed by atoms with Gasteiger partial charge in [0.25, 0.3) is 0 Å². The molecule has 72 valence electrons. The molecular weight excluding hydrogens is 244 g/mol. The van der Waals surface area contributed by atoms with E-state index in [1.807, 2.05) is 0 Å². The van der Waals surface area contributed by atoms with Crippen molar-refractivity contribution in [2.75, 3.05) is 0 Å². The van der Waals surface area contributed by atoms with Crippen LogP contribution in [0.2, 0.25) is 0 Å². The molecule has 0 spiro atoms. The molecule has 13 heavy (non-hydrogen) atoms. The molecule has 0 aliphatic carbocycles. The Hall–Kier alpha value is -0.680. The van der Waals surface area contributed by atoms with E-state index in [2.05, 4.69) is 20.7 Å². The van der Waals surface area contributed by atoms with Crippen LogP contribution in [0.15, 0.2) is 22.7 Å². The molecule has 5 heteroatoms. The van der Waals surface area contributed by atoms with Crippen LogP contribution < -0.4 is 10.5 Å². The molecule has 2 N–H and O–H groups in total. The predicted octanol–water partition coefficient (Wildman–Crippen LogP) is 2.51. The van der Waals surface area contributed by atoms with E-state index in [-0.39, 0.29) is 12.3 Å². The van der Waals surface area contributed by atoms with Crippen molar-refractivity contribution < 1.29 is 13.5 Å². The normalized spacial score (nSPS) is 10.5. The summed E-state index contributed by atoms with van der Waals surface area (Å²) in [5.74, 6) is 0.117. The Kier molecular flexibility index (Phi) is 3.62. The summed E-state index contributed by atoms with van der Waals surface area (Å²) in [6.07, 6.45) is 0. The molecule has 0 aromatic heterocycles. The quantitative estimate of drug-likeness (QED) is 0.896. The zero-order valence-electron chi connectivity index (χ0n) is 6.64. The summed E-state index contributed by atoms with van der Waals surface area (Å²) in [6, 6.07) is 4.79. The topological polar surface area (TPSA) is 35.2 Å². The van der Waals surface area contributed by atoms with Crippen LogP contribution in [-0.4, -0.2) is 6.61 Å². The second kappa shape index (κ2) is 4.53. The molecule has 1 rings (SSSR count). The fourth-order valence-electron chi connectivity index (χ4n) is 0.943. The van der Waals surface area contributed by atoms with Gasteiger partial charge in [-0.25, -0.2) is 0 Å². The average Bonchev–Trinajstić information content (AvgIpc) is 2.03. The molecule has 0 atom stereocenters. The standard InChI is InChI=1S/C8H8BrF2NO/c9-6-2-1-3-7(5(6)4-12)13-8(10)11/h1-3,8H,4,12H2. The molecular formula is C8H8BrF2NO. The Morgan fingerprint density at radius 2 is 2.15 bits per heavy atom. The predicted molar refractivity (Wildman–Crippen MR) is 48.7 cm³/mol. The molecule has 0 amide bonds. The molecule has 0 unspecified atom stereocenters. The van der Waals surface area contributed by atoms with Crippen molar-refractivity contribution in [3.63, 3.8) is 0 Å². The van der Waals surface area contributed by atoms with E-state index in [0.717, 1.165) is 0 Å². The number of rotatable bonds is 3. The van der Waals surface area contributed by atoms with Gasteiger partial charge in [-0.05, 0) is 12.1 Å². The van der Waals surface area contributed by atoms with Gasteiger partial charge in [-0.1, -0.05) is 22.0 Å². The molecule has 0 saturated carbocycles. The molecule has 0 aliphatic rings. The number of alkyl halides is 2. The van der Waals surface area contributed by atoms with E-state index in [1.165, 1.54) is 6.07 Å². The lowest BCUT2D eigenvalue weighted by molar-refractivity contribution is -0.0504. The largest absolute Gasteiger partial charge is 0.434 e. The first kappa shape index (κ1) is 10.4. The summed E-state index contributed by atoms with van der Waals surface area (Å²) in [6.45, 7) is -2.66. The van der Waals surface area contributed by atoms with Crippen molar-refractivity contribution in [2.24, 2.45) is 5.73 Å². The van der Waals surface area contributed by atoms with Gasteiger partial charge in [0.15, 0.2) is 0 Å². The van der Waals surface area contributed by atoms with E-state index in [0.29, 0.717) is 10.0 Å². The number of hydrogen-bond acceptors (Lipinski definition) is 2. The lowest BCUT2D eigenvalue weighted by atomic mass is 10.2. The van der Waals surface area contributed by atoms with Gasteiger partial charge < -0.3 is 10.5 Å². The van der Waals surface area contributed by atoms with Gasteiger partial charge in [0.2, 0.25) is 0 Å². The highest BCUT2D eigenvalue weighted by atomic mass is 79.9. The van der Waals surface area contributed by atoms with Crippen LogP contribution in [0.1, 0.15) is 5.56 Å². The summed E-state index contributed by atoms with van der Waals surface area (Å²) < 4.78 is 28.7. The molecule has 0 saturated heterocycles. The number of hydrogen-bond donors (Lipinski definition) is 1. The third-order valence-electron chi connectivity index (χ3n) is 1.50. The smallest absolute Gasteiger partial charge is 0.387 e. The molecule has 2 nitrogen and oxygen atoms in total. The number of benzene rings is 1. The van der Waals surface area contributed by atoms with Crippen molar-refractivity contribution in [2.45, 2.75) is 13.2 Å².